The van der Waals surface area contributed by atoms with Crippen molar-refractivity contribution in [3.63, 3.8) is 0 Å². The summed E-state index contributed by atoms with van der Waals surface area (Å²) in [5, 5.41) is 4.70. The molecule has 2 N–H and O–H groups in total. The van der Waals surface area contributed by atoms with Gasteiger partial charge in [0.2, 0.25) is 5.91 Å². The Balaban J connectivity index is 2.19. The molecule has 31 heavy (non-hydrogen) atoms. The van der Waals surface area contributed by atoms with Gasteiger partial charge >= 0.3 is 12.1 Å². The number of carbonyl (C=O) groups is 2. The predicted octanol–water partition coefficient (Wildman–Crippen LogP) is 5.27. The first-order valence-corrected chi connectivity index (χ1v) is 9.12. The van der Waals surface area contributed by atoms with Gasteiger partial charge in [0.25, 0.3) is 0 Å². The summed E-state index contributed by atoms with van der Waals surface area (Å²) in [5.41, 5.74) is -1.56. The molecule has 3 rings (SSSR count). The Hall–Kier alpha value is -3.69. The first-order valence-electron chi connectivity index (χ1n) is 9.12. The summed E-state index contributed by atoms with van der Waals surface area (Å²) < 4.78 is 60.5. The van der Waals surface area contributed by atoms with E-state index in [0.717, 1.165) is 12.1 Å². The zero-order valence-electron chi connectivity index (χ0n) is 16.4. The van der Waals surface area contributed by atoms with Crippen LogP contribution in [0.2, 0.25) is 0 Å². The smallest absolute Gasteiger partial charge is 0.418 e. The lowest BCUT2D eigenvalue weighted by Crippen LogP contribution is -2.19. The van der Waals surface area contributed by atoms with E-state index in [9.17, 15) is 27.2 Å². The molecule has 0 saturated carbocycles. The van der Waals surface area contributed by atoms with Crippen LogP contribution in [0.1, 0.15) is 29.8 Å². The summed E-state index contributed by atoms with van der Waals surface area (Å²) in [6.07, 6.45) is -4.98. The molecule has 0 spiro atoms. The maximum absolute atomic E-state index is 14.0. The highest BCUT2D eigenvalue weighted by Crippen LogP contribution is 2.40. The van der Waals surface area contributed by atoms with E-state index in [-0.39, 0.29) is 18.0 Å². The average Bonchev–Trinajstić information content (AvgIpc) is 2.67. The zero-order chi connectivity index (χ0) is 22.8. The Labute approximate surface area is 174 Å². The van der Waals surface area contributed by atoms with Gasteiger partial charge in [-0.05, 0) is 49.4 Å². The van der Waals surface area contributed by atoms with Crippen LogP contribution < -0.4 is 10.6 Å². The van der Waals surface area contributed by atoms with Crippen molar-refractivity contribution in [2.75, 3.05) is 17.2 Å². The molecular formula is C21H17F4N3O3. The number of hydrogen-bond donors (Lipinski definition) is 2. The van der Waals surface area contributed by atoms with Crippen LogP contribution in [0.5, 0.6) is 0 Å². The molecule has 0 atom stereocenters. The largest absolute Gasteiger partial charge is 0.462 e. The Bertz CT molecular complexity index is 1150. The molecule has 162 valence electrons. The van der Waals surface area contributed by atoms with Crippen LogP contribution in [-0.4, -0.2) is 23.5 Å². The first-order chi connectivity index (χ1) is 14.6. The standard InChI is InChI=1S/C21H17F4N3O3/c1-3-31-20(30)17-18(21(23,24)25)15-10-12(22)4-9-16(15)28-19(17)27-14-7-5-13(6-8-14)26-11(2)29/h4-10H,3H2,1-2H3,(H,26,29)(H,27,28). The number of fused-ring (bicyclic) bond motifs is 1. The third kappa shape index (κ3) is 4.90. The number of alkyl halides is 3. The van der Waals surface area contributed by atoms with Crippen molar-refractivity contribution >= 4 is 40.0 Å². The number of carbonyl (C=O) groups excluding carboxylic acids is 2. The predicted molar refractivity (Wildman–Crippen MR) is 107 cm³/mol. The van der Waals surface area contributed by atoms with Gasteiger partial charge in [-0.25, -0.2) is 14.2 Å². The number of esters is 1. The zero-order valence-corrected chi connectivity index (χ0v) is 16.4. The number of amides is 1. The molecule has 0 saturated heterocycles. The Kier molecular flexibility index (Phi) is 6.09. The molecule has 0 unspecified atom stereocenters. The number of benzene rings is 2. The maximum atomic E-state index is 14.0. The number of hydrogen-bond acceptors (Lipinski definition) is 5. The van der Waals surface area contributed by atoms with E-state index in [1.165, 1.54) is 38.1 Å². The van der Waals surface area contributed by atoms with Gasteiger partial charge in [0, 0.05) is 23.7 Å². The van der Waals surface area contributed by atoms with Crippen molar-refractivity contribution in [3.05, 3.63) is 59.4 Å². The molecule has 0 radical (unpaired) electrons. The van der Waals surface area contributed by atoms with E-state index >= 15 is 0 Å². The molecule has 6 nitrogen and oxygen atoms in total. The van der Waals surface area contributed by atoms with E-state index in [4.69, 9.17) is 4.74 Å². The van der Waals surface area contributed by atoms with Crippen LogP contribution in [0.3, 0.4) is 0 Å². The molecule has 0 bridgehead atoms. The molecule has 1 amide bonds. The number of pyridine rings is 1. The van der Waals surface area contributed by atoms with Crippen molar-refractivity contribution < 1.29 is 31.9 Å². The van der Waals surface area contributed by atoms with Gasteiger partial charge in [0.15, 0.2) is 0 Å². The van der Waals surface area contributed by atoms with E-state index < -0.39 is 40.3 Å². The fourth-order valence-electron chi connectivity index (χ4n) is 3.00. The average molecular weight is 435 g/mol. The second-order valence-electron chi connectivity index (χ2n) is 6.47. The lowest BCUT2D eigenvalue weighted by molar-refractivity contribution is -0.136. The lowest BCUT2D eigenvalue weighted by atomic mass is 10.0. The van der Waals surface area contributed by atoms with Crippen LogP contribution in [0, 0.1) is 5.82 Å². The molecule has 2 aromatic carbocycles. The Morgan fingerprint density at radius 1 is 1.06 bits per heavy atom. The van der Waals surface area contributed by atoms with Gasteiger partial charge in [-0.2, -0.15) is 13.2 Å². The van der Waals surface area contributed by atoms with Crippen LogP contribution >= 0.6 is 0 Å². The van der Waals surface area contributed by atoms with Gasteiger partial charge in [0.1, 0.15) is 17.2 Å². The summed E-state index contributed by atoms with van der Waals surface area (Å²) in [6, 6.07) is 8.78. The van der Waals surface area contributed by atoms with Crippen molar-refractivity contribution in [2.45, 2.75) is 20.0 Å². The van der Waals surface area contributed by atoms with E-state index in [2.05, 4.69) is 15.6 Å². The molecule has 1 aromatic heterocycles. The minimum atomic E-state index is -4.98. The minimum Gasteiger partial charge on any atom is -0.462 e. The van der Waals surface area contributed by atoms with E-state index in [1.807, 2.05) is 0 Å². The first kappa shape index (κ1) is 22.0. The van der Waals surface area contributed by atoms with E-state index in [0.29, 0.717) is 17.4 Å². The van der Waals surface area contributed by atoms with Crippen molar-refractivity contribution in [2.24, 2.45) is 0 Å². The van der Waals surface area contributed by atoms with Gasteiger partial charge in [0.05, 0.1) is 17.7 Å². The van der Waals surface area contributed by atoms with Gasteiger partial charge in [-0.1, -0.05) is 0 Å². The maximum Gasteiger partial charge on any atom is 0.418 e. The fourth-order valence-corrected chi connectivity index (χ4v) is 3.00. The third-order valence-electron chi connectivity index (χ3n) is 4.18. The number of nitrogens with zero attached hydrogens (tertiary/aromatic N) is 1. The van der Waals surface area contributed by atoms with Crippen molar-refractivity contribution in [1.29, 1.82) is 0 Å². The van der Waals surface area contributed by atoms with Gasteiger partial charge in [-0.15, -0.1) is 0 Å². The van der Waals surface area contributed by atoms with Crippen LogP contribution in [0.4, 0.5) is 34.8 Å². The van der Waals surface area contributed by atoms with Crippen LogP contribution in [-0.2, 0) is 15.7 Å². The molecule has 1 heterocycles. The number of anilines is 3. The summed E-state index contributed by atoms with van der Waals surface area (Å²) >= 11 is 0. The number of nitrogens with one attached hydrogen (secondary N) is 2. The number of halogens is 4. The summed E-state index contributed by atoms with van der Waals surface area (Å²) in [6.45, 7) is 2.62. The summed E-state index contributed by atoms with van der Waals surface area (Å²) in [7, 11) is 0. The van der Waals surface area contributed by atoms with Crippen LogP contribution in [0.25, 0.3) is 10.9 Å². The fraction of sp³-hybridized carbons (Fsp3) is 0.190. The van der Waals surface area contributed by atoms with Gasteiger partial charge in [-0.3, -0.25) is 4.79 Å². The monoisotopic (exact) mass is 435 g/mol. The quantitative estimate of drug-likeness (QED) is 0.422. The Morgan fingerprint density at radius 3 is 2.29 bits per heavy atom. The minimum absolute atomic E-state index is 0.154. The second-order valence-corrected chi connectivity index (χ2v) is 6.47. The summed E-state index contributed by atoms with van der Waals surface area (Å²) in [5.74, 6) is -2.82. The number of aromatic nitrogens is 1. The second kappa shape index (κ2) is 8.58. The highest BCUT2D eigenvalue weighted by molar-refractivity contribution is 6.03. The van der Waals surface area contributed by atoms with Gasteiger partial charge < -0.3 is 15.4 Å². The van der Waals surface area contributed by atoms with Crippen molar-refractivity contribution in [3.8, 4) is 0 Å². The van der Waals surface area contributed by atoms with Crippen molar-refractivity contribution in [1.82, 2.24) is 4.98 Å². The molecule has 0 aliphatic carbocycles. The number of rotatable bonds is 5. The molecule has 0 aliphatic rings. The molecule has 0 aliphatic heterocycles. The third-order valence-corrected chi connectivity index (χ3v) is 4.18. The molecule has 3 aromatic rings. The summed E-state index contributed by atoms with van der Waals surface area (Å²) in [4.78, 5) is 27.7. The SMILES string of the molecule is CCOC(=O)c1c(Nc2ccc(NC(C)=O)cc2)nc2ccc(F)cc2c1C(F)(F)F. The Morgan fingerprint density at radius 2 is 1.71 bits per heavy atom. The highest BCUT2D eigenvalue weighted by Gasteiger charge is 2.40. The van der Waals surface area contributed by atoms with Crippen LogP contribution in [0.15, 0.2) is 42.5 Å². The normalized spacial score (nSPS) is 11.3. The molecule has 0 fully saturated rings. The van der Waals surface area contributed by atoms with E-state index in [1.54, 1.807) is 0 Å². The molecular weight excluding hydrogens is 418 g/mol. The number of ether oxygens (including phenoxy) is 1. The molecule has 10 heteroatoms. The topological polar surface area (TPSA) is 80.3 Å². The highest BCUT2D eigenvalue weighted by atomic mass is 19.4. The lowest BCUT2D eigenvalue weighted by Gasteiger charge is -2.19.